The van der Waals surface area contributed by atoms with Crippen LogP contribution in [0.25, 0.3) is 0 Å². The molecule has 0 saturated carbocycles. The molecule has 2 N–H and O–H groups in total. The highest BCUT2D eigenvalue weighted by molar-refractivity contribution is 7.91. The lowest BCUT2D eigenvalue weighted by atomic mass is 10.2. The van der Waals surface area contributed by atoms with Gasteiger partial charge >= 0.3 is 5.09 Å². The SMILES string of the molecule is CC(C)N1c2ccccc2[S+]([O-])c2occ(N)c21. The molecule has 1 aliphatic rings. The van der Waals surface area contributed by atoms with Crippen LogP contribution in [0.2, 0.25) is 0 Å². The zero-order valence-electron chi connectivity index (χ0n) is 10.2. The van der Waals surface area contributed by atoms with Crippen molar-refractivity contribution in [1.82, 2.24) is 0 Å². The number of benzene rings is 1. The van der Waals surface area contributed by atoms with E-state index in [1.165, 1.54) is 6.26 Å². The van der Waals surface area contributed by atoms with Crippen LogP contribution in [0.1, 0.15) is 13.8 Å². The van der Waals surface area contributed by atoms with Gasteiger partial charge in [-0.05, 0) is 26.0 Å². The Labute approximate surface area is 109 Å². The number of furan rings is 1. The van der Waals surface area contributed by atoms with E-state index in [-0.39, 0.29) is 6.04 Å². The predicted octanol–water partition coefficient (Wildman–Crippen LogP) is 2.89. The third-order valence-corrected chi connectivity index (χ3v) is 4.38. The van der Waals surface area contributed by atoms with Gasteiger partial charge in [-0.3, -0.25) is 0 Å². The molecule has 0 aliphatic carbocycles. The molecule has 0 bridgehead atoms. The molecule has 1 aromatic carbocycles. The fraction of sp³-hybridized carbons (Fsp3) is 0.231. The van der Waals surface area contributed by atoms with Gasteiger partial charge < -0.3 is 19.6 Å². The van der Waals surface area contributed by atoms with Crippen LogP contribution in [0.3, 0.4) is 0 Å². The molecule has 1 aromatic heterocycles. The highest BCUT2D eigenvalue weighted by Crippen LogP contribution is 2.48. The fourth-order valence-corrected chi connectivity index (χ4v) is 3.57. The van der Waals surface area contributed by atoms with Gasteiger partial charge in [0.25, 0.3) is 0 Å². The quantitative estimate of drug-likeness (QED) is 0.802. The Morgan fingerprint density at radius 3 is 2.78 bits per heavy atom. The molecule has 2 aromatic rings. The van der Waals surface area contributed by atoms with Gasteiger partial charge in [-0.25, -0.2) is 0 Å². The van der Waals surface area contributed by atoms with Gasteiger partial charge in [0.2, 0.25) is 0 Å². The van der Waals surface area contributed by atoms with Crippen molar-refractivity contribution in [2.24, 2.45) is 0 Å². The molecular weight excluding hydrogens is 248 g/mol. The summed E-state index contributed by atoms with van der Waals surface area (Å²) < 4.78 is 17.8. The maximum absolute atomic E-state index is 12.4. The number of nitrogens with two attached hydrogens (primary N) is 1. The van der Waals surface area contributed by atoms with Crippen LogP contribution in [0.4, 0.5) is 17.1 Å². The molecule has 3 rings (SSSR count). The molecule has 2 heterocycles. The summed E-state index contributed by atoms with van der Waals surface area (Å²) in [6.45, 7) is 4.14. The van der Waals surface area contributed by atoms with E-state index < -0.39 is 11.2 Å². The number of rotatable bonds is 1. The first-order chi connectivity index (χ1) is 8.61. The molecule has 1 unspecified atom stereocenters. The molecule has 94 valence electrons. The number of anilines is 3. The number of hydrogen-bond acceptors (Lipinski definition) is 4. The van der Waals surface area contributed by atoms with Crippen LogP contribution in [-0.4, -0.2) is 10.6 Å². The number of nitrogens with zero attached hydrogens (tertiary/aromatic N) is 1. The van der Waals surface area contributed by atoms with Crippen LogP contribution < -0.4 is 10.6 Å². The van der Waals surface area contributed by atoms with Gasteiger partial charge in [-0.2, -0.15) is 0 Å². The Morgan fingerprint density at radius 2 is 2.06 bits per heavy atom. The van der Waals surface area contributed by atoms with Crippen molar-refractivity contribution in [2.45, 2.75) is 29.9 Å². The standard InChI is InChI=1S/C13H14N2O2S/c1-8(2)15-10-5-3-4-6-11(10)18(16)13-12(15)9(14)7-17-13/h3-8H,14H2,1-2H3. The molecule has 1 aliphatic heterocycles. The van der Waals surface area contributed by atoms with E-state index in [0.29, 0.717) is 10.8 Å². The van der Waals surface area contributed by atoms with Crippen LogP contribution in [-0.2, 0) is 11.2 Å². The maximum Gasteiger partial charge on any atom is 0.343 e. The zero-order valence-corrected chi connectivity index (χ0v) is 11.0. The topological polar surface area (TPSA) is 65.5 Å². The molecule has 18 heavy (non-hydrogen) atoms. The van der Waals surface area contributed by atoms with Crippen LogP contribution >= 0.6 is 0 Å². The average Bonchev–Trinajstić information content (AvgIpc) is 2.72. The average molecular weight is 262 g/mol. The number of nitrogen functional groups attached to an aromatic ring is 1. The van der Waals surface area contributed by atoms with E-state index >= 15 is 0 Å². The largest absolute Gasteiger partial charge is 0.604 e. The van der Waals surface area contributed by atoms with Crippen LogP contribution in [0.5, 0.6) is 0 Å². The number of fused-ring (bicyclic) bond motifs is 2. The van der Waals surface area contributed by atoms with E-state index in [4.69, 9.17) is 10.2 Å². The van der Waals surface area contributed by atoms with Gasteiger partial charge in [0.05, 0.1) is 16.9 Å². The van der Waals surface area contributed by atoms with Crippen molar-refractivity contribution < 1.29 is 8.97 Å². The summed E-state index contributed by atoms with van der Waals surface area (Å²) in [7, 11) is 0. The van der Waals surface area contributed by atoms with Crippen molar-refractivity contribution in [1.29, 1.82) is 0 Å². The smallest absolute Gasteiger partial charge is 0.343 e. The Balaban J connectivity index is 2.28. The maximum atomic E-state index is 12.4. The molecule has 5 heteroatoms. The highest BCUT2D eigenvalue weighted by atomic mass is 32.2. The molecule has 0 amide bonds. The minimum Gasteiger partial charge on any atom is -0.604 e. The lowest BCUT2D eigenvalue weighted by Gasteiger charge is -2.33. The van der Waals surface area contributed by atoms with Crippen molar-refractivity contribution in [3.05, 3.63) is 30.5 Å². The Hall–Kier alpha value is -1.59. The minimum atomic E-state index is -1.29. The van der Waals surface area contributed by atoms with E-state index in [1.807, 2.05) is 24.3 Å². The van der Waals surface area contributed by atoms with Crippen molar-refractivity contribution in [3.63, 3.8) is 0 Å². The third-order valence-electron chi connectivity index (χ3n) is 3.01. The summed E-state index contributed by atoms with van der Waals surface area (Å²) >= 11 is -1.29. The second kappa shape index (κ2) is 3.96. The zero-order chi connectivity index (χ0) is 12.9. The minimum absolute atomic E-state index is 0.210. The Bertz CT molecular complexity index is 594. The summed E-state index contributed by atoms with van der Waals surface area (Å²) in [6.07, 6.45) is 1.46. The second-order valence-corrected chi connectivity index (χ2v) is 5.88. The van der Waals surface area contributed by atoms with Gasteiger partial charge in [0.1, 0.15) is 12.0 Å². The summed E-state index contributed by atoms with van der Waals surface area (Å²) in [5.41, 5.74) is 8.14. The van der Waals surface area contributed by atoms with E-state index in [2.05, 4.69) is 18.7 Å². The van der Waals surface area contributed by atoms with E-state index in [1.54, 1.807) is 0 Å². The molecule has 1 atom stereocenters. The molecule has 4 nitrogen and oxygen atoms in total. The van der Waals surface area contributed by atoms with Gasteiger partial charge in [0, 0.05) is 6.04 Å². The highest BCUT2D eigenvalue weighted by Gasteiger charge is 2.39. The molecule has 0 radical (unpaired) electrons. The Morgan fingerprint density at radius 1 is 1.33 bits per heavy atom. The fourth-order valence-electron chi connectivity index (χ4n) is 2.29. The monoisotopic (exact) mass is 262 g/mol. The summed E-state index contributed by atoms with van der Waals surface area (Å²) in [5.74, 6) is 0. The molecule has 0 fully saturated rings. The first-order valence-corrected chi connectivity index (χ1v) is 6.93. The summed E-state index contributed by atoms with van der Waals surface area (Å²) in [5, 5.41) is 0.444. The number of hydrogen-bond donors (Lipinski definition) is 1. The van der Waals surface area contributed by atoms with Crippen molar-refractivity contribution in [2.75, 3.05) is 10.6 Å². The summed E-state index contributed by atoms with van der Waals surface area (Å²) in [4.78, 5) is 2.85. The second-order valence-electron chi connectivity index (χ2n) is 4.53. The first-order valence-electron chi connectivity index (χ1n) is 5.78. The van der Waals surface area contributed by atoms with Gasteiger partial charge in [0.15, 0.2) is 10.6 Å². The van der Waals surface area contributed by atoms with Crippen molar-refractivity contribution in [3.8, 4) is 0 Å². The Kier molecular flexibility index (Phi) is 2.53. The molecule has 0 spiro atoms. The molecule has 0 saturated heterocycles. The van der Waals surface area contributed by atoms with Crippen LogP contribution in [0.15, 0.2) is 44.9 Å². The van der Waals surface area contributed by atoms with Gasteiger partial charge in [-0.15, -0.1) is 0 Å². The number of para-hydroxylation sites is 1. The first kappa shape index (κ1) is 11.5. The van der Waals surface area contributed by atoms with E-state index in [0.717, 1.165) is 16.3 Å². The molecular formula is C13H14N2O2S. The summed E-state index contributed by atoms with van der Waals surface area (Å²) in [6, 6.07) is 7.85. The third kappa shape index (κ3) is 1.44. The predicted molar refractivity (Wildman–Crippen MR) is 71.5 cm³/mol. The lowest BCUT2D eigenvalue weighted by molar-refractivity contribution is 0.447. The van der Waals surface area contributed by atoms with Crippen LogP contribution in [0, 0.1) is 0 Å². The van der Waals surface area contributed by atoms with Crippen molar-refractivity contribution >= 4 is 28.2 Å². The lowest BCUT2D eigenvalue weighted by Crippen LogP contribution is -2.31. The normalized spacial score (nSPS) is 17.8. The van der Waals surface area contributed by atoms with E-state index in [9.17, 15) is 4.55 Å². The van der Waals surface area contributed by atoms with Gasteiger partial charge in [-0.1, -0.05) is 12.1 Å².